The Morgan fingerprint density at radius 1 is 1.04 bits per heavy atom. The molecule has 2 aliphatic rings. The lowest BCUT2D eigenvalue weighted by atomic mass is 10.2. The summed E-state index contributed by atoms with van der Waals surface area (Å²) in [6.07, 6.45) is 1.29. The van der Waals surface area contributed by atoms with Crippen molar-refractivity contribution in [1.29, 1.82) is 0 Å². The largest absolute Gasteiger partial charge is 0.494 e. The lowest BCUT2D eigenvalue weighted by Crippen LogP contribution is -2.49. The molecule has 128 valence electrons. The minimum absolute atomic E-state index is 0.698. The highest BCUT2D eigenvalue weighted by atomic mass is 16.5. The molecule has 2 saturated heterocycles. The van der Waals surface area contributed by atoms with E-state index >= 15 is 0 Å². The fourth-order valence-corrected chi connectivity index (χ4v) is 3.45. The quantitative estimate of drug-likeness (QED) is 0.823. The van der Waals surface area contributed by atoms with Crippen LogP contribution >= 0.6 is 0 Å². The zero-order valence-electron chi connectivity index (χ0n) is 14.2. The first-order valence-corrected chi connectivity index (χ1v) is 8.88. The lowest BCUT2D eigenvalue weighted by Gasteiger charge is -2.32. The van der Waals surface area contributed by atoms with Crippen molar-refractivity contribution >= 4 is 0 Å². The summed E-state index contributed by atoms with van der Waals surface area (Å²) in [5.74, 6) is 1.82. The number of ether oxygens (including phenoxy) is 2. The number of likely N-dealkylation sites (tertiary alicyclic amines) is 1. The van der Waals surface area contributed by atoms with Crippen LogP contribution in [0.1, 0.15) is 13.3 Å². The molecule has 5 nitrogen and oxygen atoms in total. The molecule has 5 heteroatoms. The average Bonchev–Trinajstić information content (AvgIpc) is 3.06. The topological polar surface area (TPSA) is 37.0 Å². The number of nitrogens with one attached hydrogen (secondary N) is 1. The van der Waals surface area contributed by atoms with Crippen LogP contribution in [-0.4, -0.2) is 74.9 Å². The van der Waals surface area contributed by atoms with Crippen LogP contribution in [0.15, 0.2) is 24.3 Å². The Labute approximate surface area is 139 Å². The third-order valence-corrected chi connectivity index (χ3v) is 4.73. The molecule has 1 aromatic carbocycles. The van der Waals surface area contributed by atoms with Crippen molar-refractivity contribution in [2.24, 2.45) is 0 Å². The molecule has 23 heavy (non-hydrogen) atoms. The Kier molecular flexibility index (Phi) is 6.13. The molecule has 0 spiro atoms. The standard InChI is InChI=1S/C18H29N3O2/c1-2-22-17-3-5-18(6-4-17)23-14-13-20-10-7-16(15-20)21-11-8-19-9-12-21/h3-6,16,19H,2,7-15H2,1H3. The molecule has 1 aromatic rings. The van der Waals surface area contributed by atoms with Gasteiger partial charge in [0.15, 0.2) is 0 Å². The molecule has 0 amide bonds. The minimum atomic E-state index is 0.698. The summed E-state index contributed by atoms with van der Waals surface area (Å²) < 4.78 is 11.3. The Morgan fingerprint density at radius 2 is 1.74 bits per heavy atom. The van der Waals surface area contributed by atoms with Crippen molar-refractivity contribution in [2.45, 2.75) is 19.4 Å². The molecule has 0 radical (unpaired) electrons. The second-order valence-corrected chi connectivity index (χ2v) is 6.28. The molecule has 1 atom stereocenters. The summed E-state index contributed by atoms with van der Waals surface area (Å²) in [4.78, 5) is 5.17. The van der Waals surface area contributed by atoms with Crippen molar-refractivity contribution in [1.82, 2.24) is 15.1 Å². The zero-order valence-corrected chi connectivity index (χ0v) is 14.2. The van der Waals surface area contributed by atoms with E-state index in [0.717, 1.165) is 43.8 Å². The summed E-state index contributed by atoms with van der Waals surface area (Å²) in [6.45, 7) is 11.5. The molecular weight excluding hydrogens is 290 g/mol. The molecule has 0 bridgehead atoms. The number of hydrogen-bond donors (Lipinski definition) is 1. The monoisotopic (exact) mass is 319 g/mol. The normalized spacial score (nSPS) is 23.1. The van der Waals surface area contributed by atoms with E-state index in [1.54, 1.807) is 0 Å². The molecule has 0 aliphatic carbocycles. The molecule has 1 N–H and O–H groups in total. The third kappa shape index (κ3) is 4.83. The Bertz CT molecular complexity index is 460. The van der Waals surface area contributed by atoms with Gasteiger partial charge in [-0.25, -0.2) is 0 Å². The molecule has 2 fully saturated rings. The van der Waals surface area contributed by atoms with Crippen molar-refractivity contribution < 1.29 is 9.47 Å². The smallest absolute Gasteiger partial charge is 0.119 e. The minimum Gasteiger partial charge on any atom is -0.494 e. The van der Waals surface area contributed by atoms with Gasteiger partial charge in [-0.2, -0.15) is 0 Å². The summed E-state index contributed by atoms with van der Waals surface area (Å²) in [5.41, 5.74) is 0. The van der Waals surface area contributed by atoms with Crippen LogP contribution in [0.5, 0.6) is 11.5 Å². The van der Waals surface area contributed by atoms with Gasteiger partial charge in [-0.05, 0) is 44.2 Å². The van der Waals surface area contributed by atoms with E-state index in [9.17, 15) is 0 Å². The van der Waals surface area contributed by atoms with Gasteiger partial charge in [-0.15, -0.1) is 0 Å². The zero-order chi connectivity index (χ0) is 15.9. The van der Waals surface area contributed by atoms with E-state index in [-0.39, 0.29) is 0 Å². The predicted octanol–water partition coefficient (Wildman–Crippen LogP) is 1.44. The molecule has 3 rings (SSSR count). The second-order valence-electron chi connectivity index (χ2n) is 6.28. The van der Waals surface area contributed by atoms with Crippen molar-refractivity contribution in [3.63, 3.8) is 0 Å². The van der Waals surface area contributed by atoms with Crippen LogP contribution in [0.4, 0.5) is 0 Å². The van der Waals surface area contributed by atoms with Gasteiger partial charge in [0.2, 0.25) is 0 Å². The van der Waals surface area contributed by atoms with Crippen LogP contribution in [-0.2, 0) is 0 Å². The van der Waals surface area contributed by atoms with E-state index in [1.165, 1.54) is 32.6 Å². The molecule has 0 aromatic heterocycles. The second kappa shape index (κ2) is 8.52. The number of rotatable bonds is 7. The summed E-state index contributed by atoms with van der Waals surface area (Å²) >= 11 is 0. The highest BCUT2D eigenvalue weighted by Gasteiger charge is 2.27. The van der Waals surface area contributed by atoms with E-state index in [0.29, 0.717) is 6.61 Å². The summed E-state index contributed by atoms with van der Waals surface area (Å²) in [5, 5.41) is 3.43. The van der Waals surface area contributed by atoms with Crippen molar-refractivity contribution in [3.05, 3.63) is 24.3 Å². The van der Waals surface area contributed by atoms with Gasteiger partial charge in [0.25, 0.3) is 0 Å². The number of benzene rings is 1. The lowest BCUT2D eigenvalue weighted by molar-refractivity contribution is 0.165. The van der Waals surface area contributed by atoms with Gasteiger partial charge in [-0.3, -0.25) is 9.80 Å². The number of piperazine rings is 1. The van der Waals surface area contributed by atoms with Gasteiger partial charge < -0.3 is 14.8 Å². The molecule has 0 saturated carbocycles. The van der Waals surface area contributed by atoms with Gasteiger partial charge in [-0.1, -0.05) is 0 Å². The first-order chi connectivity index (χ1) is 11.3. The van der Waals surface area contributed by atoms with E-state index < -0.39 is 0 Å². The van der Waals surface area contributed by atoms with Gasteiger partial charge in [0.1, 0.15) is 18.1 Å². The maximum atomic E-state index is 5.86. The molecule has 2 heterocycles. The fraction of sp³-hybridized carbons (Fsp3) is 0.667. The Morgan fingerprint density at radius 3 is 2.43 bits per heavy atom. The first-order valence-electron chi connectivity index (χ1n) is 8.88. The fourth-order valence-electron chi connectivity index (χ4n) is 3.45. The highest BCUT2D eigenvalue weighted by molar-refractivity contribution is 5.31. The van der Waals surface area contributed by atoms with Gasteiger partial charge in [0, 0.05) is 45.3 Å². The van der Waals surface area contributed by atoms with Crippen molar-refractivity contribution in [2.75, 3.05) is 59.0 Å². The van der Waals surface area contributed by atoms with Crippen LogP contribution in [0.25, 0.3) is 0 Å². The van der Waals surface area contributed by atoms with Gasteiger partial charge >= 0.3 is 0 Å². The van der Waals surface area contributed by atoms with Gasteiger partial charge in [0.05, 0.1) is 6.61 Å². The van der Waals surface area contributed by atoms with Crippen LogP contribution < -0.4 is 14.8 Å². The van der Waals surface area contributed by atoms with Crippen LogP contribution in [0.2, 0.25) is 0 Å². The summed E-state index contributed by atoms with van der Waals surface area (Å²) in [7, 11) is 0. The third-order valence-electron chi connectivity index (χ3n) is 4.73. The molecular formula is C18H29N3O2. The Balaban J connectivity index is 1.36. The van der Waals surface area contributed by atoms with Crippen molar-refractivity contribution in [3.8, 4) is 11.5 Å². The van der Waals surface area contributed by atoms with Crippen LogP contribution in [0, 0.1) is 0 Å². The van der Waals surface area contributed by atoms with E-state index in [1.807, 2.05) is 31.2 Å². The maximum absolute atomic E-state index is 5.86. The number of hydrogen-bond acceptors (Lipinski definition) is 5. The molecule has 1 unspecified atom stereocenters. The first kappa shape index (κ1) is 16.6. The maximum Gasteiger partial charge on any atom is 0.119 e. The molecule has 2 aliphatic heterocycles. The Hall–Kier alpha value is -1.30. The number of nitrogens with zero attached hydrogens (tertiary/aromatic N) is 2. The van der Waals surface area contributed by atoms with Crippen LogP contribution in [0.3, 0.4) is 0 Å². The predicted molar refractivity (Wildman–Crippen MR) is 92.4 cm³/mol. The highest BCUT2D eigenvalue weighted by Crippen LogP contribution is 2.18. The SMILES string of the molecule is CCOc1ccc(OCCN2CCC(N3CCNCC3)C2)cc1. The summed E-state index contributed by atoms with van der Waals surface area (Å²) in [6, 6.07) is 8.64. The van der Waals surface area contributed by atoms with E-state index in [2.05, 4.69) is 15.1 Å². The average molecular weight is 319 g/mol. The van der Waals surface area contributed by atoms with E-state index in [4.69, 9.17) is 9.47 Å².